The summed E-state index contributed by atoms with van der Waals surface area (Å²) in [6.45, 7) is 8.02. The van der Waals surface area contributed by atoms with E-state index in [1.54, 1.807) is 24.2 Å². The van der Waals surface area contributed by atoms with Crippen molar-refractivity contribution in [2.75, 3.05) is 18.4 Å². The number of oxazole rings is 1. The molecule has 0 aliphatic rings. The van der Waals surface area contributed by atoms with Crippen LogP contribution in [0, 0.1) is 0 Å². The molecule has 0 aliphatic heterocycles. The normalized spacial score (nSPS) is 11.6. The minimum absolute atomic E-state index is 0.0174. The van der Waals surface area contributed by atoms with Gasteiger partial charge in [-0.25, -0.2) is 9.97 Å². The molecule has 2 aromatic rings. The predicted octanol–water partition coefficient (Wildman–Crippen LogP) is 4.79. The Labute approximate surface area is 186 Å². The van der Waals surface area contributed by atoms with E-state index in [9.17, 15) is 9.59 Å². The Hall–Kier alpha value is -1.71. The second kappa shape index (κ2) is 12.9. The van der Waals surface area contributed by atoms with Gasteiger partial charge in [0.05, 0.1) is 22.4 Å². The smallest absolute Gasteiger partial charge is 0.226 e. The maximum atomic E-state index is 12.1. The molecule has 0 radical (unpaired) electrons. The first-order chi connectivity index (χ1) is 14.4. The molecule has 7 nitrogen and oxygen atoms in total. The summed E-state index contributed by atoms with van der Waals surface area (Å²) < 4.78 is 6.81. The van der Waals surface area contributed by atoms with Gasteiger partial charge in [-0.3, -0.25) is 4.79 Å². The lowest BCUT2D eigenvalue weighted by Gasteiger charge is -2.12. The van der Waals surface area contributed by atoms with Gasteiger partial charge in [0.25, 0.3) is 0 Å². The van der Waals surface area contributed by atoms with E-state index in [1.165, 1.54) is 11.3 Å². The van der Waals surface area contributed by atoms with Gasteiger partial charge < -0.3 is 19.8 Å². The fourth-order valence-corrected chi connectivity index (χ4v) is 4.32. The zero-order chi connectivity index (χ0) is 21.8. The van der Waals surface area contributed by atoms with E-state index < -0.39 is 0 Å². The predicted molar refractivity (Wildman–Crippen MR) is 122 cm³/mol. The summed E-state index contributed by atoms with van der Waals surface area (Å²) >= 11 is 3.06. The van der Waals surface area contributed by atoms with Gasteiger partial charge in [-0.2, -0.15) is 0 Å². The summed E-state index contributed by atoms with van der Waals surface area (Å²) in [6, 6.07) is 0. The number of aromatic nitrogens is 2. The van der Waals surface area contributed by atoms with Gasteiger partial charge in [0.2, 0.25) is 11.8 Å². The van der Waals surface area contributed by atoms with Gasteiger partial charge in [0.15, 0.2) is 5.13 Å². The van der Waals surface area contributed by atoms with Crippen LogP contribution >= 0.6 is 23.1 Å². The van der Waals surface area contributed by atoms with Gasteiger partial charge in [0, 0.05) is 18.3 Å². The molecule has 2 aromatic heterocycles. The van der Waals surface area contributed by atoms with Crippen molar-refractivity contribution in [1.29, 1.82) is 0 Å². The van der Waals surface area contributed by atoms with Crippen LogP contribution in [0.15, 0.2) is 21.0 Å². The van der Waals surface area contributed by atoms with Crippen LogP contribution in [0.1, 0.15) is 70.9 Å². The molecule has 9 heteroatoms. The third-order valence-electron chi connectivity index (χ3n) is 4.29. The molecular formula is C21H32N4O3S2. The van der Waals surface area contributed by atoms with Crippen LogP contribution in [0.5, 0.6) is 0 Å². The molecule has 1 amide bonds. The second-order valence-corrected chi connectivity index (χ2v) is 10.4. The Morgan fingerprint density at radius 2 is 1.97 bits per heavy atom. The summed E-state index contributed by atoms with van der Waals surface area (Å²) in [5, 5.41) is 6.81. The van der Waals surface area contributed by atoms with Crippen molar-refractivity contribution < 1.29 is 14.0 Å². The van der Waals surface area contributed by atoms with E-state index >= 15 is 0 Å². The number of carbonyl (C=O) groups excluding carboxylic acids is 2. The highest BCUT2D eigenvalue weighted by molar-refractivity contribution is 8.00. The highest BCUT2D eigenvalue weighted by Crippen LogP contribution is 2.31. The molecule has 166 valence electrons. The van der Waals surface area contributed by atoms with Crippen molar-refractivity contribution in [2.45, 2.75) is 74.7 Å². The van der Waals surface area contributed by atoms with E-state index in [2.05, 4.69) is 41.4 Å². The van der Waals surface area contributed by atoms with Crippen LogP contribution in [0.3, 0.4) is 0 Å². The zero-order valence-corrected chi connectivity index (χ0v) is 19.7. The molecule has 0 fully saturated rings. The summed E-state index contributed by atoms with van der Waals surface area (Å²) in [4.78, 5) is 30.9. The number of nitrogens with one attached hydrogen (secondary N) is 2. The fourth-order valence-electron chi connectivity index (χ4n) is 2.58. The third-order valence-corrected chi connectivity index (χ3v) is 6.39. The number of hydrogen-bond donors (Lipinski definition) is 2. The Bertz CT molecular complexity index is 783. The SMILES string of the molecule is CC(C)(C)c1cnc(CSc2cnc(NC(=O)CCCNCCCCCC=O)s2)o1. The van der Waals surface area contributed by atoms with E-state index in [0.29, 0.717) is 29.6 Å². The van der Waals surface area contributed by atoms with Crippen LogP contribution in [0.4, 0.5) is 5.13 Å². The van der Waals surface area contributed by atoms with Crippen LogP contribution < -0.4 is 10.6 Å². The average molecular weight is 453 g/mol. The molecule has 2 heterocycles. The number of aldehydes is 1. The fraction of sp³-hybridized carbons (Fsp3) is 0.619. The third kappa shape index (κ3) is 9.40. The van der Waals surface area contributed by atoms with Crippen molar-refractivity contribution in [2.24, 2.45) is 0 Å². The number of unbranched alkanes of at least 4 members (excludes halogenated alkanes) is 3. The first-order valence-electron chi connectivity index (χ1n) is 10.4. The van der Waals surface area contributed by atoms with Crippen molar-refractivity contribution >= 4 is 40.4 Å². The van der Waals surface area contributed by atoms with Crippen molar-refractivity contribution in [1.82, 2.24) is 15.3 Å². The highest BCUT2D eigenvalue weighted by atomic mass is 32.2. The Morgan fingerprint density at radius 1 is 1.17 bits per heavy atom. The topological polar surface area (TPSA) is 97.1 Å². The average Bonchev–Trinajstić information content (AvgIpc) is 3.34. The lowest BCUT2D eigenvalue weighted by atomic mass is 9.94. The number of hydrogen-bond acceptors (Lipinski definition) is 8. The lowest BCUT2D eigenvalue weighted by Crippen LogP contribution is -2.19. The minimum atomic E-state index is -0.0511. The number of amides is 1. The molecule has 0 unspecified atom stereocenters. The van der Waals surface area contributed by atoms with E-state index in [-0.39, 0.29) is 11.3 Å². The van der Waals surface area contributed by atoms with Gasteiger partial charge in [-0.1, -0.05) is 38.5 Å². The number of thioether (sulfide) groups is 1. The lowest BCUT2D eigenvalue weighted by molar-refractivity contribution is -0.116. The summed E-state index contributed by atoms with van der Waals surface area (Å²) in [5.41, 5.74) is -0.0511. The Kier molecular flexibility index (Phi) is 10.5. The van der Waals surface area contributed by atoms with Crippen molar-refractivity contribution in [3.8, 4) is 0 Å². The summed E-state index contributed by atoms with van der Waals surface area (Å²) in [6.07, 6.45) is 9.50. The van der Waals surface area contributed by atoms with E-state index in [0.717, 1.165) is 55.0 Å². The Morgan fingerprint density at radius 3 is 2.70 bits per heavy atom. The van der Waals surface area contributed by atoms with Gasteiger partial charge in [0.1, 0.15) is 12.0 Å². The molecule has 2 rings (SSSR count). The molecular weight excluding hydrogens is 420 g/mol. The molecule has 0 atom stereocenters. The van der Waals surface area contributed by atoms with Crippen LogP contribution in [-0.2, 0) is 20.8 Å². The van der Waals surface area contributed by atoms with Gasteiger partial charge in [-0.05, 0) is 32.4 Å². The largest absolute Gasteiger partial charge is 0.444 e. The molecule has 0 aliphatic carbocycles. The van der Waals surface area contributed by atoms with Gasteiger partial charge in [-0.15, -0.1) is 11.8 Å². The summed E-state index contributed by atoms with van der Waals surface area (Å²) in [5.74, 6) is 2.19. The number of rotatable bonds is 14. The van der Waals surface area contributed by atoms with Crippen LogP contribution in [0.2, 0.25) is 0 Å². The Balaban J connectivity index is 1.60. The number of carbonyl (C=O) groups is 2. The van der Waals surface area contributed by atoms with E-state index in [1.807, 2.05) is 0 Å². The molecule has 0 aromatic carbocycles. The standard InChI is InChI=1S/C21H32N4O3S2/c1-21(2,3)16-13-23-18(28-16)15-29-19-14-24-20(30-19)25-17(27)9-8-11-22-10-6-4-5-7-12-26/h12-14,22H,4-11,15H2,1-3H3,(H,24,25,27). The molecule has 0 saturated heterocycles. The second-order valence-electron chi connectivity index (χ2n) is 8.06. The molecule has 0 spiro atoms. The van der Waals surface area contributed by atoms with E-state index in [4.69, 9.17) is 4.42 Å². The van der Waals surface area contributed by atoms with Crippen LogP contribution in [0.25, 0.3) is 0 Å². The maximum absolute atomic E-state index is 12.1. The van der Waals surface area contributed by atoms with Gasteiger partial charge >= 0.3 is 0 Å². The van der Waals surface area contributed by atoms with Crippen LogP contribution in [-0.4, -0.2) is 35.3 Å². The van der Waals surface area contributed by atoms with Crippen molar-refractivity contribution in [3.05, 3.63) is 24.0 Å². The maximum Gasteiger partial charge on any atom is 0.226 e. The van der Waals surface area contributed by atoms with Crippen molar-refractivity contribution in [3.63, 3.8) is 0 Å². The molecule has 2 N–H and O–H groups in total. The summed E-state index contributed by atoms with van der Waals surface area (Å²) in [7, 11) is 0. The minimum Gasteiger partial charge on any atom is -0.444 e. The number of thiazole rings is 1. The zero-order valence-electron chi connectivity index (χ0n) is 18.0. The number of anilines is 1. The molecule has 0 bridgehead atoms. The quantitative estimate of drug-likeness (QED) is 0.242. The highest BCUT2D eigenvalue weighted by Gasteiger charge is 2.19. The molecule has 0 saturated carbocycles. The first kappa shape index (κ1) is 24.6. The monoisotopic (exact) mass is 452 g/mol. The molecule has 30 heavy (non-hydrogen) atoms. The number of nitrogens with zero attached hydrogens (tertiary/aromatic N) is 2. The first-order valence-corrected chi connectivity index (χ1v) is 12.2.